The Bertz CT molecular complexity index is 1170. The molecule has 0 spiro atoms. The average Bonchev–Trinajstić information content (AvgIpc) is 3.55. The second kappa shape index (κ2) is 47.4. The molecule has 0 saturated heterocycles. The number of carbonyl (C=O) groups is 5. The topological polar surface area (TPSA) is 202 Å². The van der Waals surface area contributed by atoms with Crippen LogP contribution in [-0.4, -0.2) is 69.9 Å². The van der Waals surface area contributed by atoms with Gasteiger partial charge in [-0.25, -0.2) is 0 Å². The Morgan fingerprint density at radius 1 is 0.638 bits per heavy atom. The number of rotatable bonds is 24. The number of methoxy groups -OCH3 is 1. The molecule has 2 aromatic carbocycles. The van der Waals surface area contributed by atoms with Crippen molar-refractivity contribution in [2.45, 2.75) is 168 Å². The summed E-state index contributed by atoms with van der Waals surface area (Å²) in [5.74, 6) is -0.534. The maximum atomic E-state index is 10.4. The number of fused-ring (bicyclic) bond motifs is 3. The number of hydrogen-bond acceptors (Lipinski definition) is 9. The number of amides is 1. The van der Waals surface area contributed by atoms with E-state index in [0.717, 1.165) is 63.9 Å². The van der Waals surface area contributed by atoms with Crippen LogP contribution in [-0.2, 0) is 33.4 Å². The Morgan fingerprint density at radius 2 is 0.966 bits per heavy atom. The lowest BCUT2D eigenvalue weighted by Crippen LogP contribution is -2.15. The standard InChI is InChI=1S/C15H12O2.C14H28O.C10H18O3.C5H12O.CH3NO.2CH5N/c16-10-17-9-15-13-7-3-1-5-11(13)12-6-2-4-8-14(12)15;1-2-3-4-5-6-7-8-9-10-11-12-13-14-15;11-9-7-5-3-1-2-4-6-8-10(12)13;1-5(2,3)6-4;2-1-3;2*1-2/h1-8,10,15H,9H2;14H,2-13H2,1H3;9H,1-8H2,(H,12,13);1-4H3;1H,(H2,2,3);2*2H2,1H3. The molecule has 11 heteroatoms. The van der Waals surface area contributed by atoms with E-state index in [1.807, 2.05) is 45.0 Å². The Labute approximate surface area is 352 Å². The van der Waals surface area contributed by atoms with Gasteiger partial charge in [0.25, 0.3) is 6.47 Å². The summed E-state index contributed by atoms with van der Waals surface area (Å²) < 4.78 is 9.89. The zero-order valence-corrected chi connectivity index (χ0v) is 37.4. The van der Waals surface area contributed by atoms with Crippen LogP contribution in [0.25, 0.3) is 11.1 Å². The number of aliphatic carboxylic acids is 1. The van der Waals surface area contributed by atoms with Crippen molar-refractivity contribution in [1.82, 2.24) is 0 Å². The first-order valence-electron chi connectivity index (χ1n) is 21.3. The van der Waals surface area contributed by atoms with Crippen molar-refractivity contribution in [3.63, 3.8) is 0 Å². The number of benzene rings is 2. The number of nitrogens with two attached hydrogens (primary N) is 3. The fourth-order valence-electron chi connectivity index (χ4n) is 5.68. The van der Waals surface area contributed by atoms with E-state index in [-0.39, 0.29) is 24.3 Å². The van der Waals surface area contributed by atoms with Crippen molar-refractivity contribution in [2.24, 2.45) is 17.2 Å². The SMILES string of the molecule is CCCCCCCCCCCCCC=O.CN.CN.COC(C)(C)C.NC=O.O=CCCCCCCCCC(=O)O.O=COCC1c2ccccc2-c2ccccc21. The van der Waals surface area contributed by atoms with E-state index >= 15 is 0 Å². The number of carboxylic acid groups (broad SMARTS) is 1. The van der Waals surface area contributed by atoms with Crippen LogP contribution in [0.15, 0.2) is 48.5 Å². The van der Waals surface area contributed by atoms with Crippen LogP contribution < -0.4 is 17.2 Å². The maximum Gasteiger partial charge on any atom is 0.303 e. The van der Waals surface area contributed by atoms with Gasteiger partial charge in [0.1, 0.15) is 19.2 Å². The van der Waals surface area contributed by atoms with Crippen molar-refractivity contribution in [1.29, 1.82) is 0 Å². The minimum atomic E-state index is -0.707. The molecule has 11 nitrogen and oxygen atoms in total. The highest BCUT2D eigenvalue weighted by Crippen LogP contribution is 2.44. The molecule has 334 valence electrons. The lowest BCUT2D eigenvalue weighted by atomic mass is 9.98. The van der Waals surface area contributed by atoms with Crippen molar-refractivity contribution in [3.05, 3.63) is 59.7 Å². The molecule has 7 N–H and O–H groups in total. The monoisotopic (exact) mass is 818 g/mol. The molecule has 1 aliphatic rings. The summed E-state index contributed by atoms with van der Waals surface area (Å²) in [6.45, 7) is 9.26. The van der Waals surface area contributed by atoms with Gasteiger partial charge in [-0.15, -0.1) is 0 Å². The zero-order valence-electron chi connectivity index (χ0n) is 37.4. The first-order chi connectivity index (χ1) is 28.1. The third-order valence-corrected chi connectivity index (χ3v) is 8.79. The number of ether oxygens (including phenoxy) is 2. The van der Waals surface area contributed by atoms with Crippen molar-refractivity contribution in [2.75, 3.05) is 27.8 Å². The Hall–Kier alpha value is -3.93. The normalized spacial score (nSPS) is 10.4. The van der Waals surface area contributed by atoms with Gasteiger partial charge in [-0.1, -0.05) is 145 Å². The van der Waals surface area contributed by atoms with Gasteiger partial charge in [0.15, 0.2) is 0 Å². The number of primary amides is 1. The van der Waals surface area contributed by atoms with Gasteiger partial charge in [-0.05, 0) is 76.4 Å². The van der Waals surface area contributed by atoms with Crippen LogP contribution >= 0.6 is 0 Å². The molecule has 0 fully saturated rings. The molecule has 0 radical (unpaired) electrons. The minimum absolute atomic E-state index is 0.0417. The molecule has 1 aliphatic carbocycles. The highest BCUT2D eigenvalue weighted by molar-refractivity contribution is 5.78. The predicted molar refractivity (Wildman–Crippen MR) is 241 cm³/mol. The Kier molecular flexibility index (Phi) is 49.7. The second-order valence-electron chi connectivity index (χ2n) is 14.3. The molecule has 0 atom stereocenters. The smallest absolute Gasteiger partial charge is 0.303 e. The van der Waals surface area contributed by atoms with Gasteiger partial charge < -0.3 is 41.4 Å². The number of hydrogen-bond donors (Lipinski definition) is 4. The van der Waals surface area contributed by atoms with Crippen LogP contribution in [0, 0.1) is 0 Å². The van der Waals surface area contributed by atoms with E-state index in [0.29, 0.717) is 19.5 Å². The van der Waals surface area contributed by atoms with Crippen LogP contribution in [0.5, 0.6) is 0 Å². The van der Waals surface area contributed by atoms with Crippen molar-refractivity contribution >= 4 is 31.4 Å². The number of carbonyl (C=O) groups excluding carboxylic acids is 4. The van der Waals surface area contributed by atoms with Crippen molar-refractivity contribution in [3.8, 4) is 11.1 Å². The summed E-state index contributed by atoms with van der Waals surface area (Å²) in [7, 11) is 4.71. The van der Waals surface area contributed by atoms with Crippen molar-refractivity contribution < 1.29 is 38.6 Å². The molecule has 0 aromatic heterocycles. The van der Waals surface area contributed by atoms with E-state index in [1.54, 1.807) is 7.11 Å². The molecule has 1 amide bonds. The highest BCUT2D eigenvalue weighted by atomic mass is 16.5. The number of aldehydes is 2. The van der Waals surface area contributed by atoms with E-state index in [1.165, 1.54) is 101 Å². The van der Waals surface area contributed by atoms with E-state index in [2.05, 4.69) is 48.4 Å². The Balaban J connectivity index is -0.000000330. The third kappa shape index (κ3) is 38.9. The zero-order chi connectivity index (χ0) is 44.7. The summed E-state index contributed by atoms with van der Waals surface area (Å²) in [5, 5.41) is 8.35. The molecule has 0 bridgehead atoms. The predicted octanol–water partition coefficient (Wildman–Crippen LogP) is 9.93. The summed E-state index contributed by atoms with van der Waals surface area (Å²) in [4.78, 5) is 49.1. The second-order valence-corrected chi connectivity index (χ2v) is 14.3. The first kappa shape index (κ1) is 60.7. The quantitative estimate of drug-likeness (QED) is 0.0583. The molecule has 0 heterocycles. The van der Waals surface area contributed by atoms with Gasteiger partial charge in [-0.2, -0.15) is 0 Å². The lowest BCUT2D eigenvalue weighted by molar-refractivity contribution is -0.137. The number of unbranched alkanes of at least 4 members (excludes halogenated alkanes) is 17. The molecular weight excluding hydrogens is 735 g/mol. The van der Waals surface area contributed by atoms with Gasteiger partial charge in [0.2, 0.25) is 6.41 Å². The first-order valence-corrected chi connectivity index (χ1v) is 21.3. The molecule has 3 rings (SSSR count). The van der Waals surface area contributed by atoms with Gasteiger partial charge in [0, 0.05) is 32.3 Å². The van der Waals surface area contributed by atoms with Crippen LogP contribution in [0.2, 0.25) is 0 Å². The summed E-state index contributed by atoms with van der Waals surface area (Å²) >= 11 is 0. The highest BCUT2D eigenvalue weighted by Gasteiger charge is 2.28. The van der Waals surface area contributed by atoms with Gasteiger partial charge in [-0.3, -0.25) is 14.4 Å². The molecule has 0 unspecified atom stereocenters. The van der Waals surface area contributed by atoms with E-state index in [9.17, 15) is 19.2 Å². The minimum Gasteiger partial charge on any atom is -0.481 e. The molecule has 58 heavy (non-hydrogen) atoms. The average molecular weight is 818 g/mol. The van der Waals surface area contributed by atoms with Crippen LogP contribution in [0.3, 0.4) is 0 Å². The van der Waals surface area contributed by atoms with Gasteiger partial charge in [0.05, 0.1) is 5.60 Å². The third-order valence-electron chi connectivity index (χ3n) is 8.79. The Morgan fingerprint density at radius 3 is 1.28 bits per heavy atom. The lowest BCUT2D eigenvalue weighted by Gasteiger charge is -2.14. The fraction of sp³-hybridized carbons (Fsp3) is 0.638. The summed E-state index contributed by atoms with van der Waals surface area (Å²) in [6.07, 6.45) is 24.9. The van der Waals surface area contributed by atoms with Crippen LogP contribution in [0.4, 0.5) is 0 Å². The number of carboxylic acids is 1. The molecular formula is C47H83N3O8. The summed E-state index contributed by atoms with van der Waals surface area (Å²) in [5.41, 5.74) is 18.2. The molecule has 2 aromatic rings. The van der Waals surface area contributed by atoms with E-state index < -0.39 is 5.97 Å². The maximum absolute atomic E-state index is 10.4. The fourth-order valence-corrected chi connectivity index (χ4v) is 5.68. The molecule has 0 aliphatic heterocycles. The summed E-state index contributed by atoms with van der Waals surface area (Å²) in [6, 6.07) is 16.6. The largest absolute Gasteiger partial charge is 0.481 e. The van der Waals surface area contributed by atoms with Crippen LogP contribution in [0.1, 0.15) is 173 Å². The molecule has 0 saturated carbocycles. The van der Waals surface area contributed by atoms with E-state index in [4.69, 9.17) is 19.4 Å². The van der Waals surface area contributed by atoms with Gasteiger partial charge >= 0.3 is 5.97 Å².